The maximum absolute atomic E-state index is 2.38. The molecule has 5 heteroatoms. The van der Waals surface area contributed by atoms with E-state index in [4.69, 9.17) is 0 Å². The third kappa shape index (κ3) is 1.64. The first-order valence-electron chi connectivity index (χ1n) is 5.88. The Bertz CT molecular complexity index is 287. The van der Waals surface area contributed by atoms with E-state index in [1.54, 1.807) is 0 Å². The van der Waals surface area contributed by atoms with Crippen molar-refractivity contribution in [3.8, 4) is 0 Å². The van der Waals surface area contributed by atoms with Crippen molar-refractivity contribution in [1.82, 2.24) is 19.4 Å². The van der Waals surface area contributed by atoms with Crippen LogP contribution in [-0.2, 0) is 0 Å². The molecule has 16 heavy (non-hydrogen) atoms. The van der Waals surface area contributed by atoms with E-state index in [0.717, 1.165) is 0 Å². The summed E-state index contributed by atoms with van der Waals surface area (Å²) in [7, 11) is 4.23. The van der Waals surface area contributed by atoms with E-state index in [9.17, 15) is 0 Å². The van der Waals surface area contributed by atoms with Crippen LogP contribution in [0, 0.1) is 0 Å². The smallest absolute Gasteiger partial charge is 0.374 e. The van der Waals surface area contributed by atoms with Gasteiger partial charge >= 0.3 is 6.98 Å². The van der Waals surface area contributed by atoms with Gasteiger partial charge in [0, 0.05) is 38.9 Å². The molecule has 0 aromatic carbocycles. The van der Waals surface area contributed by atoms with E-state index in [-0.39, 0.29) is 0 Å². The van der Waals surface area contributed by atoms with Gasteiger partial charge in [-0.25, -0.2) is 0 Å². The van der Waals surface area contributed by atoms with Crippen molar-refractivity contribution in [2.45, 2.75) is 33.0 Å². The molecule has 2 heterocycles. The summed E-state index contributed by atoms with van der Waals surface area (Å²) in [5.41, 5.74) is 0. The quantitative estimate of drug-likeness (QED) is 0.649. The Labute approximate surface area is 98.9 Å². The molecule has 2 atom stereocenters. The van der Waals surface area contributed by atoms with Gasteiger partial charge in [0.2, 0.25) is 0 Å². The molecule has 0 fully saturated rings. The second-order valence-electron chi connectivity index (χ2n) is 4.72. The van der Waals surface area contributed by atoms with Crippen LogP contribution in [0.5, 0.6) is 0 Å². The van der Waals surface area contributed by atoms with Gasteiger partial charge in [0.25, 0.3) is 0 Å². The van der Waals surface area contributed by atoms with E-state index < -0.39 is 0 Å². The summed E-state index contributed by atoms with van der Waals surface area (Å²) in [4.78, 5) is 9.20. The molecular formula is C11H21BN4. The van der Waals surface area contributed by atoms with Crippen LogP contribution in [0.4, 0.5) is 0 Å². The Morgan fingerprint density at radius 3 is 1.44 bits per heavy atom. The zero-order valence-corrected chi connectivity index (χ0v) is 10.8. The minimum Gasteiger partial charge on any atom is -0.382 e. The van der Waals surface area contributed by atoms with Crippen molar-refractivity contribution < 1.29 is 0 Å². The summed E-state index contributed by atoms with van der Waals surface area (Å²) >= 11 is 0. The molecule has 0 bridgehead atoms. The molecule has 0 saturated carbocycles. The Balaban J connectivity index is 2.06. The predicted molar refractivity (Wildman–Crippen MR) is 68.0 cm³/mol. The molecule has 0 aromatic rings. The zero-order chi connectivity index (χ0) is 11.9. The Morgan fingerprint density at radius 2 is 1.19 bits per heavy atom. The monoisotopic (exact) mass is 220 g/mol. The van der Waals surface area contributed by atoms with Crippen molar-refractivity contribution in [1.29, 1.82) is 0 Å². The molecule has 88 valence electrons. The lowest BCUT2D eigenvalue weighted by molar-refractivity contribution is 0.228. The number of hydrogen-bond acceptors (Lipinski definition) is 4. The fraction of sp³-hybridized carbons (Fsp3) is 0.636. The van der Waals surface area contributed by atoms with Crippen LogP contribution in [0.3, 0.4) is 0 Å². The predicted octanol–water partition coefficient (Wildman–Crippen LogP) is 1.23. The lowest BCUT2D eigenvalue weighted by Gasteiger charge is -2.38. The second kappa shape index (κ2) is 3.96. The lowest BCUT2D eigenvalue weighted by atomic mass is 9.74. The van der Waals surface area contributed by atoms with Gasteiger partial charge in [-0.05, 0) is 20.7 Å². The van der Waals surface area contributed by atoms with Crippen molar-refractivity contribution >= 4 is 6.98 Å². The first kappa shape index (κ1) is 11.2. The van der Waals surface area contributed by atoms with Gasteiger partial charge in [0.15, 0.2) is 0 Å². The summed E-state index contributed by atoms with van der Waals surface area (Å²) in [6.45, 7) is 7.09. The van der Waals surface area contributed by atoms with Gasteiger partial charge in [-0.2, -0.15) is 0 Å². The van der Waals surface area contributed by atoms with Crippen molar-refractivity contribution in [3.63, 3.8) is 0 Å². The van der Waals surface area contributed by atoms with E-state index in [2.05, 4.69) is 79.0 Å². The minimum atomic E-state index is 0.382. The summed E-state index contributed by atoms with van der Waals surface area (Å²) in [6.07, 6.45) is 9.48. The fourth-order valence-corrected chi connectivity index (χ4v) is 2.31. The zero-order valence-electron chi connectivity index (χ0n) is 10.8. The van der Waals surface area contributed by atoms with Crippen LogP contribution < -0.4 is 0 Å². The van der Waals surface area contributed by atoms with Crippen LogP contribution >= 0.6 is 0 Å². The highest BCUT2D eigenvalue weighted by Gasteiger charge is 2.34. The fourth-order valence-electron chi connectivity index (χ4n) is 2.31. The van der Waals surface area contributed by atoms with Crippen LogP contribution in [0.1, 0.15) is 13.8 Å². The molecular weight excluding hydrogens is 199 g/mol. The van der Waals surface area contributed by atoms with E-state index in [1.807, 2.05) is 0 Å². The molecule has 2 aliphatic heterocycles. The standard InChI is InChI=1S/C11H21BN4/c1-10-13(4)6-8-15(10)12(3)16-9-7-14(5)11(16)2/h6-11H,1-5H3/t10-,11+. The van der Waals surface area contributed by atoms with Crippen LogP contribution in [0.15, 0.2) is 24.8 Å². The molecule has 0 N–H and O–H groups in total. The van der Waals surface area contributed by atoms with Gasteiger partial charge in [-0.3, -0.25) is 0 Å². The highest BCUT2D eigenvalue weighted by molar-refractivity contribution is 6.52. The molecule has 0 unspecified atom stereocenters. The Morgan fingerprint density at radius 1 is 0.812 bits per heavy atom. The molecule has 0 radical (unpaired) electrons. The Kier molecular flexibility index (Phi) is 2.78. The molecule has 2 aliphatic rings. The van der Waals surface area contributed by atoms with Crippen molar-refractivity contribution in [2.75, 3.05) is 14.1 Å². The third-order valence-corrected chi connectivity index (χ3v) is 3.85. The minimum absolute atomic E-state index is 0.382. The number of nitrogens with zero attached hydrogens (tertiary/aromatic N) is 4. The molecule has 0 aromatic heterocycles. The normalized spacial score (nSPS) is 28.6. The highest BCUT2D eigenvalue weighted by atomic mass is 15.4. The summed E-state index contributed by atoms with van der Waals surface area (Å²) < 4.78 is 0. The van der Waals surface area contributed by atoms with Crippen molar-refractivity contribution in [2.24, 2.45) is 0 Å². The first-order valence-corrected chi connectivity index (χ1v) is 5.88. The SMILES string of the molecule is CB(N1C=CN(C)[C@H]1C)N1C=CN(C)[C@@H]1C. The topological polar surface area (TPSA) is 13.0 Å². The van der Waals surface area contributed by atoms with E-state index in [1.165, 1.54) is 0 Å². The summed E-state index contributed by atoms with van der Waals surface area (Å²) in [5, 5.41) is 0. The van der Waals surface area contributed by atoms with Gasteiger partial charge < -0.3 is 19.4 Å². The molecule has 4 nitrogen and oxygen atoms in total. The molecule has 0 aliphatic carbocycles. The van der Waals surface area contributed by atoms with Crippen LogP contribution in [-0.4, -0.2) is 52.8 Å². The van der Waals surface area contributed by atoms with E-state index >= 15 is 0 Å². The number of rotatable bonds is 2. The lowest BCUT2D eigenvalue weighted by Crippen LogP contribution is -2.53. The number of hydrogen-bond donors (Lipinski definition) is 0. The highest BCUT2D eigenvalue weighted by Crippen LogP contribution is 2.22. The third-order valence-electron chi connectivity index (χ3n) is 3.85. The van der Waals surface area contributed by atoms with Gasteiger partial charge in [-0.1, -0.05) is 0 Å². The summed E-state index contributed by atoms with van der Waals surface area (Å²) in [6, 6.07) is 0. The van der Waals surface area contributed by atoms with E-state index in [0.29, 0.717) is 19.3 Å². The first-order chi connectivity index (χ1) is 7.52. The Hall–Kier alpha value is -1.26. The average molecular weight is 220 g/mol. The van der Waals surface area contributed by atoms with Crippen LogP contribution in [0.2, 0.25) is 6.82 Å². The molecule has 2 rings (SSSR count). The van der Waals surface area contributed by atoms with Crippen LogP contribution in [0.25, 0.3) is 0 Å². The molecule has 0 amide bonds. The van der Waals surface area contributed by atoms with Gasteiger partial charge in [-0.15, -0.1) is 0 Å². The maximum atomic E-state index is 2.38. The van der Waals surface area contributed by atoms with Gasteiger partial charge in [0.05, 0.1) is 12.3 Å². The molecule has 0 spiro atoms. The largest absolute Gasteiger partial charge is 0.382 e. The maximum Gasteiger partial charge on any atom is 0.374 e. The van der Waals surface area contributed by atoms with Gasteiger partial charge in [0.1, 0.15) is 0 Å². The molecule has 0 saturated heterocycles. The van der Waals surface area contributed by atoms with Crippen molar-refractivity contribution in [3.05, 3.63) is 24.8 Å². The average Bonchev–Trinajstić information content (AvgIpc) is 2.74. The summed E-state index contributed by atoms with van der Waals surface area (Å²) in [5.74, 6) is 0. The second-order valence-corrected chi connectivity index (χ2v) is 4.72.